The highest BCUT2D eigenvalue weighted by atomic mass is 16.3. The van der Waals surface area contributed by atoms with Crippen LogP contribution in [0.1, 0.15) is 32.9 Å². The summed E-state index contributed by atoms with van der Waals surface area (Å²) in [6, 6.07) is 117. The summed E-state index contributed by atoms with van der Waals surface area (Å²) in [6.07, 6.45) is 0. The van der Waals surface area contributed by atoms with Crippen molar-refractivity contribution in [3.63, 3.8) is 0 Å². The highest BCUT2D eigenvalue weighted by Gasteiger charge is 2.26. The van der Waals surface area contributed by atoms with Crippen LogP contribution in [0.5, 0.6) is 0 Å². The molecule has 145 heavy (non-hydrogen) atoms. The second kappa shape index (κ2) is 35.1. The van der Waals surface area contributed by atoms with Gasteiger partial charge in [-0.15, -0.1) is 0 Å². The molecule has 0 bridgehead atoms. The molecule has 0 saturated carbocycles. The highest BCUT2D eigenvalue weighted by Crippen LogP contribution is 2.52. The van der Waals surface area contributed by atoms with Gasteiger partial charge in [0.2, 0.25) is 0 Å². The van der Waals surface area contributed by atoms with Gasteiger partial charge < -0.3 is 13.3 Å². The lowest BCUT2D eigenvalue weighted by molar-refractivity contribution is 0.669. The average molecular weight is 1870 g/mol. The molecular weight excluding hydrogens is 1750 g/mol. The zero-order chi connectivity index (χ0) is 116. The van der Waals surface area contributed by atoms with Crippen LogP contribution in [0.4, 0.5) is 0 Å². The van der Waals surface area contributed by atoms with Gasteiger partial charge in [-0.05, 0) is 250 Å². The summed E-state index contributed by atoms with van der Waals surface area (Å²) >= 11 is 0. The first-order valence-electron chi connectivity index (χ1n) is 59.9. The zero-order valence-corrected chi connectivity index (χ0v) is 77.2. The van der Waals surface area contributed by atoms with Gasteiger partial charge in [0.15, 0.2) is 0 Å². The molecule has 0 N–H and O–H groups in total. The third-order valence-corrected chi connectivity index (χ3v) is 28.3. The van der Waals surface area contributed by atoms with Crippen LogP contribution in [0.15, 0.2) is 547 Å². The first kappa shape index (κ1) is 62.8. The maximum atomic E-state index is 9.42. The molecule has 30 aromatic rings. The molecule has 3 aromatic heterocycles. The van der Waals surface area contributed by atoms with Gasteiger partial charge in [-0.2, -0.15) is 0 Å². The van der Waals surface area contributed by atoms with Crippen LogP contribution in [0.2, 0.25) is 0 Å². The second-order valence-electron chi connectivity index (χ2n) is 36.3. The van der Waals surface area contributed by atoms with Crippen LogP contribution in [0, 0.1) is 0 Å². The number of furan rings is 3. The van der Waals surface area contributed by atoms with Gasteiger partial charge >= 0.3 is 0 Å². The van der Waals surface area contributed by atoms with Crippen LogP contribution in [-0.2, 0) is 0 Å². The summed E-state index contributed by atoms with van der Waals surface area (Å²) in [5.74, 6) is 0. The average Bonchev–Trinajstić information content (AvgIpc) is 1.70. The maximum Gasteiger partial charge on any atom is 0.143 e. The molecule has 0 spiro atoms. The van der Waals surface area contributed by atoms with E-state index in [-0.39, 0.29) is 137 Å². The van der Waals surface area contributed by atoms with Crippen LogP contribution in [0.3, 0.4) is 0 Å². The summed E-state index contributed by atoms with van der Waals surface area (Å²) in [6.45, 7) is 0. The molecule has 0 fully saturated rings. The minimum absolute atomic E-state index is 0.179. The minimum atomic E-state index is -0.431. The second-order valence-corrected chi connectivity index (χ2v) is 36.3. The Morgan fingerprint density at radius 3 is 0.766 bits per heavy atom. The van der Waals surface area contributed by atoms with Gasteiger partial charge in [-0.3, -0.25) is 0 Å². The molecule has 0 atom stereocenters. The third kappa shape index (κ3) is 14.3. The normalized spacial score (nSPS) is 14.0. The Bertz CT molecular complexity index is 11800. The van der Waals surface area contributed by atoms with Crippen molar-refractivity contribution in [3.8, 4) is 122 Å². The Morgan fingerprint density at radius 1 is 0.124 bits per heavy atom. The quantitative estimate of drug-likeness (QED) is 0.0957. The summed E-state index contributed by atoms with van der Waals surface area (Å²) in [7, 11) is 0. The standard InChI is InChI=1S/2C48H30O.C46H28O/c1-2-13-36-31(11-1)12-9-19-37(36)32-23-27-34(28-24-32)46-40-15-3-5-17-42(40)47(43-18-6-4-16-41(43)46)35-29-25-33(26-30-35)38-20-10-21-44-39-14-7-8-22-45(39)49-48(38)44;1-2-11-31(12-3-1)34-25-26-36-30-37(28-27-35(36)29-34)47-42-16-6-4-14-40(42)46(41-15-5-7-17-43(41)47)33-23-21-32(22-24-33)38-18-10-19-44-39-13-8-9-20-45(39)49-48(38)44;1-2-13-32-31(12-1)28-42(35-15-4-3-14-34(32)35)45-39-19-7-5-17-37(39)44(38-18-6-8-20-40(38)45)30-26-24-29(25-27-30)33-21-11-22-41-36-16-9-10-23-43(36)47-46(33)41/h2*1-30H;1-28H/i3D,4D,5D,6D,15D,16D,17D,18D;4D,5D,6D,7D,14D,15D,16D,17D;5D,6D,7D,8D,17D,18D,19D,20D. The Hall–Kier alpha value is -19.1. The van der Waals surface area contributed by atoms with Crippen molar-refractivity contribution in [2.45, 2.75) is 0 Å². The molecule has 0 radical (unpaired) electrons. The molecule has 0 aliphatic carbocycles. The first-order valence-corrected chi connectivity index (χ1v) is 47.9. The molecule has 674 valence electrons. The van der Waals surface area contributed by atoms with Crippen molar-refractivity contribution in [2.24, 2.45) is 0 Å². The smallest absolute Gasteiger partial charge is 0.143 e. The van der Waals surface area contributed by atoms with Crippen LogP contribution in [0.25, 0.3) is 296 Å². The van der Waals surface area contributed by atoms with E-state index in [9.17, 15) is 16.4 Å². The van der Waals surface area contributed by atoms with Crippen LogP contribution in [-0.4, -0.2) is 0 Å². The van der Waals surface area contributed by atoms with Gasteiger partial charge in [-0.1, -0.05) is 497 Å². The van der Waals surface area contributed by atoms with Crippen LogP contribution >= 0.6 is 0 Å². The third-order valence-electron chi connectivity index (χ3n) is 28.3. The predicted molar refractivity (Wildman–Crippen MR) is 616 cm³/mol. The monoisotopic (exact) mass is 1860 g/mol. The fourth-order valence-corrected chi connectivity index (χ4v) is 21.7. The Labute approximate surface area is 870 Å². The Balaban J connectivity index is 0.000000118. The van der Waals surface area contributed by atoms with Gasteiger partial charge in [0.25, 0.3) is 0 Å². The fourth-order valence-electron chi connectivity index (χ4n) is 21.7. The summed E-state index contributed by atoms with van der Waals surface area (Å²) in [5, 5.41) is 15.8. The Morgan fingerprint density at radius 2 is 0.379 bits per heavy atom. The lowest BCUT2D eigenvalue weighted by Gasteiger charge is -2.19. The SMILES string of the molecule is [2H]c1c([2H])c([2H])c2c(-c3cc4ccccc4c4ccccc34)c3c([2H])c([2H])c([2H])c([2H])c3c(-c3ccc(-c4cccc5c4oc4ccccc45)cc3)c2c1[2H].[2H]c1c([2H])c([2H])c2c(-c3ccc(-c4cccc5c4oc4ccccc45)cc3)c3c([2H])c([2H])c([2H])c([2H])c3c(-c3ccc(-c4cccc5ccccc45)cc3)c2c1[2H].[2H]c1c([2H])c([2H])c2c(-c3ccc4cc(-c5ccccc5)ccc4c3)c3c([2H])c([2H])c([2H])c([2H])c3c(-c3ccc(-c4cccc5c4oc4ccccc45)cc3)c2c1[2H]. The van der Waals surface area contributed by atoms with Crippen LogP contribution < -0.4 is 0 Å². The largest absolute Gasteiger partial charge is 0.455 e. The van der Waals surface area contributed by atoms with Crippen molar-refractivity contribution in [1.29, 1.82) is 0 Å². The first-order chi connectivity index (χ1) is 81.9. The molecule has 3 heterocycles. The molecule has 0 amide bonds. The molecule has 0 aliphatic rings. The van der Waals surface area contributed by atoms with Gasteiger partial charge in [-0.25, -0.2) is 0 Å². The van der Waals surface area contributed by atoms with E-state index in [4.69, 9.17) is 29.7 Å². The van der Waals surface area contributed by atoms with Crippen molar-refractivity contribution in [1.82, 2.24) is 0 Å². The van der Waals surface area contributed by atoms with E-state index in [1.54, 1.807) is 0 Å². The lowest BCUT2D eigenvalue weighted by Crippen LogP contribution is -1.92. The lowest BCUT2D eigenvalue weighted by atomic mass is 9.83. The Kier molecular flexibility index (Phi) is 15.2. The summed E-state index contributed by atoms with van der Waals surface area (Å²) < 4.78 is 237. The molecule has 0 aliphatic heterocycles. The zero-order valence-electron chi connectivity index (χ0n) is 101. The number of hydrogen-bond donors (Lipinski definition) is 0. The van der Waals surface area contributed by atoms with E-state index in [2.05, 4.69) is 24.3 Å². The summed E-state index contributed by atoms with van der Waals surface area (Å²) in [4.78, 5) is 0. The minimum Gasteiger partial charge on any atom is -0.455 e. The highest BCUT2D eigenvalue weighted by molar-refractivity contribution is 6.28. The van der Waals surface area contributed by atoms with Gasteiger partial charge in [0, 0.05) is 49.0 Å². The van der Waals surface area contributed by atoms with Crippen molar-refractivity contribution >= 4 is 174 Å². The number of para-hydroxylation sites is 6. The van der Waals surface area contributed by atoms with E-state index < -0.39 is 72.5 Å². The van der Waals surface area contributed by atoms with E-state index in [1.165, 1.54) is 0 Å². The number of rotatable bonds is 11. The van der Waals surface area contributed by atoms with Crippen molar-refractivity contribution < 1.29 is 46.1 Å². The topological polar surface area (TPSA) is 39.4 Å². The van der Waals surface area contributed by atoms with Crippen molar-refractivity contribution in [3.05, 3.63) is 533 Å². The number of benzene rings is 27. The molecular formula is C142H88O3. The van der Waals surface area contributed by atoms with Gasteiger partial charge in [0.05, 0.1) is 32.9 Å². The molecule has 27 aromatic carbocycles. The fraction of sp³-hybridized carbons (Fsp3) is 0. The molecule has 3 nitrogen and oxygen atoms in total. The van der Waals surface area contributed by atoms with Crippen molar-refractivity contribution in [2.75, 3.05) is 0 Å². The maximum absolute atomic E-state index is 9.42. The predicted octanol–water partition coefficient (Wildman–Crippen LogP) is 40.6. The van der Waals surface area contributed by atoms with E-state index in [0.717, 1.165) is 165 Å². The number of hydrogen-bond acceptors (Lipinski definition) is 3. The molecule has 30 rings (SSSR count). The number of fused-ring (bicyclic) bond motifs is 20. The molecule has 3 heteroatoms. The summed E-state index contributed by atoms with van der Waals surface area (Å²) in [5.41, 5.74) is 19.1. The molecule has 0 saturated heterocycles. The molecule has 0 unspecified atom stereocenters. The van der Waals surface area contributed by atoms with E-state index in [0.29, 0.717) is 66.8 Å². The van der Waals surface area contributed by atoms with E-state index in [1.807, 2.05) is 364 Å². The van der Waals surface area contributed by atoms with E-state index >= 15 is 0 Å². The van der Waals surface area contributed by atoms with Gasteiger partial charge in [0.1, 0.15) is 33.5 Å².